The van der Waals surface area contributed by atoms with E-state index in [1.54, 1.807) is 0 Å². The summed E-state index contributed by atoms with van der Waals surface area (Å²) in [5.41, 5.74) is 5.63. The van der Waals surface area contributed by atoms with E-state index in [1.807, 2.05) is 25.1 Å². The van der Waals surface area contributed by atoms with Crippen LogP contribution >= 0.6 is 0 Å². The fourth-order valence-corrected chi connectivity index (χ4v) is 2.15. The van der Waals surface area contributed by atoms with Crippen LogP contribution in [0.15, 0.2) is 42.5 Å². The maximum absolute atomic E-state index is 10.7. The van der Waals surface area contributed by atoms with E-state index in [9.17, 15) is 4.79 Å². The second kappa shape index (κ2) is 5.18. The molecule has 92 valence electrons. The predicted molar refractivity (Wildman–Crippen MR) is 76.1 cm³/mol. The van der Waals surface area contributed by atoms with E-state index in [-0.39, 0.29) is 0 Å². The zero-order valence-corrected chi connectivity index (χ0v) is 11.1. The summed E-state index contributed by atoms with van der Waals surface area (Å²) in [6.07, 6.45) is 0.890. The minimum Gasteiger partial charge on any atom is -0.298 e. The number of carbonyl (C=O) groups excluding carboxylic acids is 1. The fraction of sp³-hybridized carbons (Fsp3) is 0.235. The van der Waals surface area contributed by atoms with Crippen LogP contribution < -0.4 is 0 Å². The summed E-state index contributed by atoms with van der Waals surface area (Å²) in [5.74, 6) is 0.527. The van der Waals surface area contributed by atoms with Crippen LogP contribution in [-0.2, 0) is 0 Å². The van der Waals surface area contributed by atoms with Gasteiger partial charge in [-0.3, -0.25) is 4.79 Å². The number of aldehydes is 1. The van der Waals surface area contributed by atoms with Gasteiger partial charge in [0.05, 0.1) is 0 Å². The summed E-state index contributed by atoms with van der Waals surface area (Å²) in [6, 6.07) is 14.4. The van der Waals surface area contributed by atoms with Crippen LogP contribution in [0.25, 0.3) is 11.1 Å². The van der Waals surface area contributed by atoms with Gasteiger partial charge in [-0.2, -0.15) is 0 Å². The highest BCUT2D eigenvalue weighted by Gasteiger charge is 2.05. The standard InChI is InChI=1S/C17H18O/c1-12(2)15-5-4-6-16(10-15)17-8-7-14(11-18)9-13(17)3/h4-12H,1-3H3. The van der Waals surface area contributed by atoms with Gasteiger partial charge in [0.1, 0.15) is 6.29 Å². The Kier molecular flexibility index (Phi) is 3.61. The lowest BCUT2D eigenvalue weighted by atomic mass is 9.94. The number of benzene rings is 2. The molecular formula is C17H18O. The van der Waals surface area contributed by atoms with Crippen molar-refractivity contribution in [2.75, 3.05) is 0 Å². The van der Waals surface area contributed by atoms with Crippen molar-refractivity contribution < 1.29 is 4.79 Å². The molecule has 2 aromatic carbocycles. The zero-order valence-electron chi connectivity index (χ0n) is 11.1. The monoisotopic (exact) mass is 238 g/mol. The van der Waals surface area contributed by atoms with E-state index in [1.165, 1.54) is 16.7 Å². The number of carbonyl (C=O) groups is 1. The number of hydrogen-bond donors (Lipinski definition) is 0. The van der Waals surface area contributed by atoms with Crippen molar-refractivity contribution in [3.63, 3.8) is 0 Å². The summed E-state index contributed by atoms with van der Waals surface area (Å²) in [5, 5.41) is 0. The van der Waals surface area contributed by atoms with Crippen LogP contribution in [0.5, 0.6) is 0 Å². The lowest BCUT2D eigenvalue weighted by Gasteiger charge is -2.10. The molecule has 0 aliphatic heterocycles. The first kappa shape index (κ1) is 12.6. The molecule has 0 fully saturated rings. The SMILES string of the molecule is Cc1cc(C=O)ccc1-c1cccc(C(C)C)c1. The fourth-order valence-electron chi connectivity index (χ4n) is 2.15. The van der Waals surface area contributed by atoms with Crippen molar-refractivity contribution in [3.8, 4) is 11.1 Å². The van der Waals surface area contributed by atoms with Crippen molar-refractivity contribution in [3.05, 3.63) is 59.2 Å². The smallest absolute Gasteiger partial charge is 0.150 e. The molecule has 1 heteroatoms. The summed E-state index contributed by atoms with van der Waals surface area (Å²) in [6.45, 7) is 6.44. The molecule has 0 amide bonds. The van der Waals surface area contributed by atoms with E-state index in [0.29, 0.717) is 5.92 Å². The van der Waals surface area contributed by atoms with Crippen LogP contribution in [0.2, 0.25) is 0 Å². The minimum absolute atomic E-state index is 0.527. The van der Waals surface area contributed by atoms with Crippen molar-refractivity contribution >= 4 is 6.29 Å². The Morgan fingerprint density at radius 2 is 1.83 bits per heavy atom. The number of aryl methyl sites for hydroxylation is 1. The van der Waals surface area contributed by atoms with E-state index in [4.69, 9.17) is 0 Å². The Labute approximate surface area is 108 Å². The molecule has 0 unspecified atom stereocenters. The van der Waals surface area contributed by atoms with Crippen molar-refractivity contribution in [2.24, 2.45) is 0 Å². The Morgan fingerprint density at radius 1 is 1.06 bits per heavy atom. The van der Waals surface area contributed by atoms with Gasteiger partial charge in [0.15, 0.2) is 0 Å². The Morgan fingerprint density at radius 3 is 2.44 bits per heavy atom. The zero-order chi connectivity index (χ0) is 13.1. The van der Waals surface area contributed by atoms with Gasteiger partial charge in [0.2, 0.25) is 0 Å². The molecule has 0 N–H and O–H groups in total. The van der Waals surface area contributed by atoms with E-state index in [2.05, 4.69) is 38.1 Å². The molecule has 0 aliphatic rings. The van der Waals surface area contributed by atoms with Crippen LogP contribution in [-0.4, -0.2) is 6.29 Å². The number of rotatable bonds is 3. The average molecular weight is 238 g/mol. The molecule has 0 spiro atoms. The van der Waals surface area contributed by atoms with Crippen molar-refractivity contribution in [2.45, 2.75) is 26.7 Å². The van der Waals surface area contributed by atoms with Gasteiger partial charge in [-0.05, 0) is 41.2 Å². The molecule has 0 aromatic heterocycles. The van der Waals surface area contributed by atoms with E-state index in [0.717, 1.165) is 17.4 Å². The Balaban J connectivity index is 2.48. The minimum atomic E-state index is 0.527. The Bertz CT molecular complexity index is 568. The first-order valence-electron chi connectivity index (χ1n) is 6.28. The van der Waals surface area contributed by atoms with Crippen molar-refractivity contribution in [1.29, 1.82) is 0 Å². The number of hydrogen-bond acceptors (Lipinski definition) is 1. The predicted octanol–water partition coefficient (Wildman–Crippen LogP) is 4.60. The molecule has 0 atom stereocenters. The van der Waals surface area contributed by atoms with Crippen LogP contribution in [0.1, 0.15) is 41.3 Å². The lowest BCUT2D eigenvalue weighted by molar-refractivity contribution is 0.112. The highest BCUT2D eigenvalue weighted by Crippen LogP contribution is 2.27. The maximum Gasteiger partial charge on any atom is 0.150 e. The van der Waals surface area contributed by atoms with Crippen LogP contribution in [0, 0.1) is 6.92 Å². The molecule has 2 rings (SSSR count). The van der Waals surface area contributed by atoms with Gasteiger partial charge < -0.3 is 0 Å². The highest BCUT2D eigenvalue weighted by atomic mass is 16.1. The molecule has 0 heterocycles. The molecule has 2 aromatic rings. The van der Waals surface area contributed by atoms with Gasteiger partial charge in [0.25, 0.3) is 0 Å². The lowest BCUT2D eigenvalue weighted by Crippen LogP contribution is -1.90. The first-order chi connectivity index (χ1) is 8.61. The second-order valence-corrected chi connectivity index (χ2v) is 4.97. The van der Waals surface area contributed by atoms with Gasteiger partial charge in [-0.25, -0.2) is 0 Å². The van der Waals surface area contributed by atoms with Gasteiger partial charge in [-0.1, -0.05) is 50.2 Å². The van der Waals surface area contributed by atoms with Crippen LogP contribution in [0.4, 0.5) is 0 Å². The molecule has 0 aliphatic carbocycles. The van der Waals surface area contributed by atoms with Crippen molar-refractivity contribution in [1.82, 2.24) is 0 Å². The van der Waals surface area contributed by atoms with Crippen LogP contribution in [0.3, 0.4) is 0 Å². The summed E-state index contributed by atoms with van der Waals surface area (Å²) >= 11 is 0. The van der Waals surface area contributed by atoms with Gasteiger partial charge >= 0.3 is 0 Å². The summed E-state index contributed by atoms with van der Waals surface area (Å²) < 4.78 is 0. The highest BCUT2D eigenvalue weighted by molar-refractivity contribution is 5.78. The Hall–Kier alpha value is -1.89. The van der Waals surface area contributed by atoms with E-state index < -0.39 is 0 Å². The topological polar surface area (TPSA) is 17.1 Å². The third-order valence-electron chi connectivity index (χ3n) is 3.25. The van der Waals surface area contributed by atoms with Gasteiger partial charge in [-0.15, -0.1) is 0 Å². The third kappa shape index (κ3) is 2.51. The first-order valence-corrected chi connectivity index (χ1v) is 6.28. The molecular weight excluding hydrogens is 220 g/mol. The van der Waals surface area contributed by atoms with E-state index >= 15 is 0 Å². The molecule has 18 heavy (non-hydrogen) atoms. The summed E-state index contributed by atoms with van der Waals surface area (Å²) in [4.78, 5) is 10.7. The van der Waals surface area contributed by atoms with Gasteiger partial charge in [0, 0.05) is 5.56 Å². The summed E-state index contributed by atoms with van der Waals surface area (Å²) in [7, 11) is 0. The second-order valence-electron chi connectivity index (χ2n) is 4.97. The normalized spacial score (nSPS) is 10.7. The quantitative estimate of drug-likeness (QED) is 0.714. The third-order valence-corrected chi connectivity index (χ3v) is 3.25. The maximum atomic E-state index is 10.7. The molecule has 0 saturated carbocycles. The molecule has 1 nitrogen and oxygen atoms in total. The molecule has 0 radical (unpaired) electrons. The molecule has 0 saturated heterocycles. The largest absolute Gasteiger partial charge is 0.298 e. The average Bonchev–Trinajstić information content (AvgIpc) is 2.38. The molecule has 0 bridgehead atoms.